The molecule has 0 fully saturated rings. The van der Waals surface area contributed by atoms with Crippen molar-refractivity contribution in [3.8, 4) is 0 Å². The van der Waals surface area contributed by atoms with Crippen LogP contribution < -0.4 is 0 Å². The summed E-state index contributed by atoms with van der Waals surface area (Å²) in [6.45, 7) is 2.01. The number of hydrogen-bond donors (Lipinski definition) is 0. The van der Waals surface area contributed by atoms with Crippen molar-refractivity contribution >= 4 is 28.7 Å². The molecule has 10 heavy (non-hydrogen) atoms. The van der Waals surface area contributed by atoms with Crippen LogP contribution in [0.1, 0.15) is 17.8 Å². The fourth-order valence-electron chi connectivity index (χ4n) is 0.672. The summed E-state index contributed by atoms with van der Waals surface area (Å²) in [7, 11) is 0. The number of thiocarbonyl (C=S) groups is 1. The van der Waals surface area contributed by atoms with Crippen LogP contribution in [-0.2, 0) is 0 Å². The lowest BCUT2D eigenvalue weighted by Crippen LogP contribution is -1.81. The minimum absolute atomic E-state index is 0.178. The summed E-state index contributed by atoms with van der Waals surface area (Å²) in [6.07, 6.45) is 0. The minimum Gasteiger partial charge on any atom is -0.224 e. The third-order valence-electron chi connectivity index (χ3n) is 1.20. The molecular formula is C7H7NS2. The van der Waals surface area contributed by atoms with Crippen molar-refractivity contribution in [2.24, 2.45) is 4.99 Å². The van der Waals surface area contributed by atoms with E-state index in [9.17, 15) is 0 Å². The Hall–Kier alpha value is -0.500. The molecule has 1 rings (SSSR count). The Morgan fingerprint density at radius 2 is 2.60 bits per heavy atom. The largest absolute Gasteiger partial charge is 0.224 e. The molecule has 0 unspecified atom stereocenters. The Labute approximate surface area is 69.4 Å². The topological polar surface area (TPSA) is 12.4 Å². The zero-order valence-electron chi connectivity index (χ0n) is 5.57. The van der Waals surface area contributed by atoms with Crippen molar-refractivity contribution in [3.63, 3.8) is 0 Å². The van der Waals surface area contributed by atoms with Crippen LogP contribution in [0.3, 0.4) is 0 Å². The smallest absolute Gasteiger partial charge is 0.0915 e. The Morgan fingerprint density at radius 1 is 1.80 bits per heavy atom. The van der Waals surface area contributed by atoms with Gasteiger partial charge in [-0.15, -0.1) is 11.3 Å². The average molecular weight is 169 g/mol. The van der Waals surface area contributed by atoms with Gasteiger partial charge in [-0.1, -0.05) is 6.07 Å². The summed E-state index contributed by atoms with van der Waals surface area (Å²) in [4.78, 5) is 5.18. The standard InChI is InChI=1S/C7H7NS2/c1-6(8-5-9)7-3-2-4-10-7/h2-4,6H,1H3/t6-/m0/s1. The van der Waals surface area contributed by atoms with Crippen LogP contribution in [-0.4, -0.2) is 5.16 Å². The van der Waals surface area contributed by atoms with Crippen molar-refractivity contribution in [2.75, 3.05) is 0 Å². The SMILES string of the molecule is C[C@H](N=C=S)c1cccs1. The van der Waals surface area contributed by atoms with E-state index < -0.39 is 0 Å². The first-order valence-corrected chi connectivity index (χ1v) is 4.24. The molecule has 0 aromatic carbocycles. The van der Waals surface area contributed by atoms with E-state index >= 15 is 0 Å². The van der Waals surface area contributed by atoms with Gasteiger partial charge >= 0.3 is 0 Å². The van der Waals surface area contributed by atoms with Crippen molar-refractivity contribution in [1.82, 2.24) is 0 Å². The monoisotopic (exact) mass is 169 g/mol. The predicted octanol–water partition coefficient (Wildman–Crippen LogP) is 2.91. The van der Waals surface area contributed by atoms with Crippen molar-refractivity contribution in [1.29, 1.82) is 0 Å². The summed E-state index contributed by atoms with van der Waals surface area (Å²) < 4.78 is 0. The average Bonchev–Trinajstić information content (AvgIpc) is 2.38. The lowest BCUT2D eigenvalue weighted by molar-refractivity contribution is 0.848. The van der Waals surface area contributed by atoms with Crippen molar-refractivity contribution in [2.45, 2.75) is 13.0 Å². The zero-order valence-corrected chi connectivity index (χ0v) is 7.21. The Morgan fingerprint density at radius 3 is 3.10 bits per heavy atom. The Bertz CT molecular complexity index is 234. The normalized spacial score (nSPS) is 12.1. The van der Waals surface area contributed by atoms with Crippen molar-refractivity contribution < 1.29 is 0 Å². The van der Waals surface area contributed by atoms with E-state index in [1.165, 1.54) is 4.88 Å². The number of isothiocyanates is 1. The molecule has 52 valence electrons. The lowest BCUT2D eigenvalue weighted by atomic mass is 10.3. The van der Waals surface area contributed by atoms with E-state index in [4.69, 9.17) is 0 Å². The second-order valence-electron chi connectivity index (χ2n) is 1.91. The first-order chi connectivity index (χ1) is 4.84. The molecule has 0 N–H and O–H groups in total. The second kappa shape index (κ2) is 3.62. The van der Waals surface area contributed by atoms with Crippen LogP contribution in [0.4, 0.5) is 0 Å². The Balaban J connectivity index is 2.76. The van der Waals surface area contributed by atoms with Gasteiger partial charge in [0, 0.05) is 4.88 Å². The lowest BCUT2D eigenvalue weighted by Gasteiger charge is -1.96. The highest BCUT2D eigenvalue weighted by Gasteiger charge is 2.01. The maximum Gasteiger partial charge on any atom is 0.0915 e. The highest BCUT2D eigenvalue weighted by Crippen LogP contribution is 2.20. The quantitative estimate of drug-likeness (QED) is 0.490. The molecule has 0 amide bonds. The molecule has 0 radical (unpaired) electrons. The summed E-state index contributed by atoms with van der Waals surface area (Å²) in [5.41, 5.74) is 0. The Kier molecular flexibility index (Phi) is 2.75. The fourth-order valence-corrected chi connectivity index (χ4v) is 1.55. The van der Waals surface area contributed by atoms with E-state index in [1.807, 2.05) is 24.4 Å². The van der Waals surface area contributed by atoms with Crippen LogP contribution in [0.2, 0.25) is 0 Å². The van der Waals surface area contributed by atoms with E-state index in [0.29, 0.717) is 0 Å². The van der Waals surface area contributed by atoms with E-state index in [1.54, 1.807) is 11.3 Å². The van der Waals surface area contributed by atoms with Gasteiger partial charge in [0.2, 0.25) is 0 Å². The number of rotatable bonds is 2. The van der Waals surface area contributed by atoms with Gasteiger partial charge < -0.3 is 0 Å². The maximum absolute atomic E-state index is 4.49. The molecular weight excluding hydrogens is 162 g/mol. The predicted molar refractivity (Wildman–Crippen MR) is 47.8 cm³/mol. The first-order valence-electron chi connectivity index (χ1n) is 2.95. The summed E-state index contributed by atoms with van der Waals surface area (Å²) >= 11 is 6.18. The fraction of sp³-hybridized carbons (Fsp3) is 0.286. The molecule has 1 atom stereocenters. The van der Waals surface area contributed by atoms with Gasteiger partial charge in [-0.3, -0.25) is 0 Å². The third kappa shape index (κ3) is 1.74. The molecule has 0 aliphatic heterocycles. The van der Waals surface area contributed by atoms with Crippen LogP contribution >= 0.6 is 23.6 Å². The van der Waals surface area contributed by atoms with Gasteiger partial charge in [-0.05, 0) is 30.6 Å². The van der Waals surface area contributed by atoms with Crippen LogP contribution in [0, 0.1) is 0 Å². The molecule has 1 aromatic heterocycles. The molecule has 0 spiro atoms. The summed E-state index contributed by atoms with van der Waals surface area (Å²) in [5.74, 6) is 0. The summed E-state index contributed by atoms with van der Waals surface area (Å²) in [6, 6.07) is 4.23. The molecule has 0 aliphatic carbocycles. The number of aliphatic imine (C=N–C) groups is 1. The molecule has 0 aliphatic rings. The number of thiophene rings is 1. The molecule has 0 saturated heterocycles. The van der Waals surface area contributed by atoms with E-state index in [-0.39, 0.29) is 6.04 Å². The van der Waals surface area contributed by atoms with Crippen LogP contribution in [0.25, 0.3) is 0 Å². The molecule has 0 bridgehead atoms. The summed E-state index contributed by atoms with van der Waals surface area (Å²) in [5, 5.41) is 4.40. The minimum atomic E-state index is 0.178. The third-order valence-corrected chi connectivity index (χ3v) is 2.35. The van der Waals surface area contributed by atoms with Gasteiger partial charge in [0.25, 0.3) is 0 Å². The maximum atomic E-state index is 4.49. The highest BCUT2D eigenvalue weighted by molar-refractivity contribution is 7.78. The van der Waals surface area contributed by atoms with Gasteiger partial charge in [-0.25, -0.2) is 4.99 Å². The van der Waals surface area contributed by atoms with Gasteiger partial charge in [-0.2, -0.15) is 0 Å². The molecule has 1 aromatic rings. The molecule has 3 heteroatoms. The number of nitrogens with zero attached hydrogens (tertiary/aromatic N) is 1. The van der Waals surface area contributed by atoms with Crippen molar-refractivity contribution in [3.05, 3.63) is 22.4 Å². The van der Waals surface area contributed by atoms with Gasteiger partial charge in [0.05, 0.1) is 11.2 Å². The zero-order chi connectivity index (χ0) is 7.40. The van der Waals surface area contributed by atoms with E-state index in [2.05, 4.69) is 22.4 Å². The first kappa shape index (κ1) is 7.61. The highest BCUT2D eigenvalue weighted by atomic mass is 32.1. The van der Waals surface area contributed by atoms with Crippen LogP contribution in [0.15, 0.2) is 22.5 Å². The van der Waals surface area contributed by atoms with Gasteiger partial charge in [0.1, 0.15) is 0 Å². The molecule has 1 heterocycles. The molecule has 1 nitrogen and oxygen atoms in total. The van der Waals surface area contributed by atoms with E-state index in [0.717, 1.165) is 0 Å². The van der Waals surface area contributed by atoms with Crippen LogP contribution in [0.5, 0.6) is 0 Å². The number of hydrogen-bond acceptors (Lipinski definition) is 3. The molecule has 0 saturated carbocycles. The second-order valence-corrected chi connectivity index (χ2v) is 3.07. The van der Waals surface area contributed by atoms with Gasteiger partial charge in [0.15, 0.2) is 0 Å².